The van der Waals surface area contributed by atoms with Crippen molar-refractivity contribution in [1.29, 1.82) is 5.26 Å². The number of nitrogens with zero attached hydrogens (tertiary/aromatic N) is 2. The van der Waals surface area contributed by atoms with Crippen molar-refractivity contribution in [2.45, 2.75) is 37.9 Å². The van der Waals surface area contributed by atoms with Crippen molar-refractivity contribution >= 4 is 28.3 Å². The van der Waals surface area contributed by atoms with Crippen molar-refractivity contribution in [3.8, 4) is 6.07 Å². The Morgan fingerprint density at radius 3 is 2.15 bits per heavy atom. The summed E-state index contributed by atoms with van der Waals surface area (Å²) < 4.78 is 6.15. The second-order valence-electron chi connectivity index (χ2n) is 7.98. The number of anilines is 1. The van der Waals surface area contributed by atoms with E-state index in [1.165, 1.54) is 4.90 Å². The molecule has 2 aromatic carbocycles. The molecule has 26 heavy (non-hydrogen) atoms. The summed E-state index contributed by atoms with van der Waals surface area (Å²) in [6, 6.07) is 13.0. The Balaban J connectivity index is 1.70. The monoisotopic (exact) mass is 346 g/mol. The van der Waals surface area contributed by atoms with Gasteiger partial charge in [0.15, 0.2) is 0 Å². The van der Waals surface area contributed by atoms with Crippen LogP contribution >= 0.6 is 0 Å². The topological polar surface area (TPSA) is 70.4 Å². The fraction of sp³-hybridized carbons (Fsp3) is 0.381. The lowest BCUT2D eigenvalue weighted by Gasteiger charge is -2.27. The Hall–Kier alpha value is -2.71. The quantitative estimate of drug-likeness (QED) is 0.744. The van der Waals surface area contributed by atoms with Gasteiger partial charge in [-0.25, -0.2) is 4.90 Å². The zero-order valence-electron chi connectivity index (χ0n) is 14.7. The molecule has 0 saturated carbocycles. The standard InChI is InChI=1S/C21H18N2O3/c1-20-9-10-21(2,26-20)17-16(20)18(24)23(19(17)25)15-8-7-12(11-22)13-5-3-4-6-14(13)15/h3-8,16-17H,9-10H2,1-2H3. The summed E-state index contributed by atoms with van der Waals surface area (Å²) in [6.45, 7) is 3.91. The van der Waals surface area contributed by atoms with Crippen molar-refractivity contribution < 1.29 is 14.3 Å². The summed E-state index contributed by atoms with van der Waals surface area (Å²) in [4.78, 5) is 27.9. The minimum absolute atomic E-state index is 0.180. The summed E-state index contributed by atoms with van der Waals surface area (Å²) in [5.41, 5.74) is -0.0337. The fourth-order valence-corrected chi connectivity index (χ4v) is 5.28. The first-order valence-corrected chi connectivity index (χ1v) is 8.89. The molecule has 5 nitrogen and oxygen atoms in total. The van der Waals surface area contributed by atoms with Crippen LogP contribution in [0.3, 0.4) is 0 Å². The molecule has 3 saturated heterocycles. The molecular formula is C21H18N2O3. The SMILES string of the molecule is CC12CCC(C)(O1)C1C(=O)N(c3ccc(C#N)c4ccccc34)C(=O)C12. The summed E-state index contributed by atoms with van der Waals surface area (Å²) in [5.74, 6) is -1.21. The average Bonchev–Trinajstić information content (AvgIpc) is 3.18. The van der Waals surface area contributed by atoms with E-state index < -0.39 is 23.0 Å². The summed E-state index contributed by atoms with van der Waals surface area (Å²) >= 11 is 0. The van der Waals surface area contributed by atoms with Crippen LogP contribution in [0.1, 0.15) is 32.3 Å². The molecule has 4 atom stereocenters. The molecular weight excluding hydrogens is 328 g/mol. The number of hydrogen-bond acceptors (Lipinski definition) is 4. The second-order valence-corrected chi connectivity index (χ2v) is 7.98. The van der Waals surface area contributed by atoms with E-state index >= 15 is 0 Å². The molecule has 2 amide bonds. The van der Waals surface area contributed by atoms with E-state index in [1.54, 1.807) is 12.1 Å². The zero-order valence-corrected chi connectivity index (χ0v) is 14.7. The Morgan fingerprint density at radius 2 is 1.58 bits per heavy atom. The van der Waals surface area contributed by atoms with Crippen LogP contribution in [0.2, 0.25) is 0 Å². The molecule has 5 heteroatoms. The molecule has 2 aromatic rings. The van der Waals surface area contributed by atoms with E-state index in [1.807, 2.05) is 38.1 Å². The summed E-state index contributed by atoms with van der Waals surface area (Å²) in [5, 5.41) is 10.9. The maximum Gasteiger partial charge on any atom is 0.240 e. The number of fused-ring (bicyclic) bond motifs is 6. The molecule has 0 radical (unpaired) electrons. The van der Waals surface area contributed by atoms with Crippen molar-refractivity contribution in [1.82, 2.24) is 0 Å². The van der Waals surface area contributed by atoms with E-state index in [0.717, 1.165) is 23.6 Å². The third-order valence-electron chi connectivity index (χ3n) is 6.47. The predicted octanol–water partition coefficient (Wildman–Crippen LogP) is 3.16. The molecule has 0 spiro atoms. The van der Waals surface area contributed by atoms with Gasteiger partial charge in [0, 0.05) is 10.8 Å². The number of amides is 2. The molecule has 3 aliphatic heterocycles. The number of carbonyl (C=O) groups excluding carboxylic acids is 2. The number of imide groups is 1. The third kappa shape index (κ3) is 1.68. The van der Waals surface area contributed by atoms with Gasteiger partial charge in [0.05, 0.1) is 40.4 Å². The number of hydrogen-bond donors (Lipinski definition) is 0. The molecule has 2 bridgehead atoms. The Labute approximate surface area is 151 Å². The van der Waals surface area contributed by atoms with Crippen LogP contribution in [0, 0.1) is 23.2 Å². The molecule has 0 aliphatic carbocycles. The van der Waals surface area contributed by atoms with Gasteiger partial charge in [-0.3, -0.25) is 9.59 Å². The largest absolute Gasteiger partial charge is 0.367 e. The van der Waals surface area contributed by atoms with Gasteiger partial charge in [0.2, 0.25) is 11.8 Å². The van der Waals surface area contributed by atoms with Crippen LogP contribution in [-0.4, -0.2) is 23.0 Å². The van der Waals surface area contributed by atoms with Crippen LogP contribution in [0.5, 0.6) is 0 Å². The van der Waals surface area contributed by atoms with Gasteiger partial charge in [0.25, 0.3) is 0 Å². The molecule has 0 N–H and O–H groups in total. The number of ether oxygens (including phenoxy) is 1. The highest BCUT2D eigenvalue weighted by atomic mass is 16.5. The first-order chi connectivity index (χ1) is 12.4. The lowest BCUT2D eigenvalue weighted by atomic mass is 9.69. The van der Waals surface area contributed by atoms with E-state index in [2.05, 4.69) is 6.07 Å². The third-order valence-corrected chi connectivity index (χ3v) is 6.47. The second kappa shape index (κ2) is 4.72. The molecule has 3 aliphatic rings. The number of nitriles is 1. The lowest BCUT2D eigenvalue weighted by molar-refractivity contribution is -0.129. The number of rotatable bonds is 1. The average molecular weight is 346 g/mol. The van der Waals surface area contributed by atoms with Gasteiger partial charge in [-0.2, -0.15) is 5.26 Å². The van der Waals surface area contributed by atoms with Gasteiger partial charge in [-0.1, -0.05) is 24.3 Å². The zero-order chi connectivity index (χ0) is 18.3. The van der Waals surface area contributed by atoms with E-state index in [-0.39, 0.29) is 11.8 Å². The van der Waals surface area contributed by atoms with E-state index in [9.17, 15) is 14.9 Å². The van der Waals surface area contributed by atoms with Crippen molar-refractivity contribution in [2.24, 2.45) is 11.8 Å². The Morgan fingerprint density at radius 1 is 1.00 bits per heavy atom. The molecule has 0 aromatic heterocycles. The van der Waals surface area contributed by atoms with Crippen LogP contribution in [0.4, 0.5) is 5.69 Å². The minimum atomic E-state index is -0.566. The van der Waals surface area contributed by atoms with Crippen LogP contribution < -0.4 is 4.90 Å². The highest BCUT2D eigenvalue weighted by Crippen LogP contribution is 2.61. The number of carbonyl (C=O) groups is 2. The highest BCUT2D eigenvalue weighted by molar-refractivity contribution is 6.26. The molecule has 5 rings (SSSR count). The smallest absolute Gasteiger partial charge is 0.240 e. The van der Waals surface area contributed by atoms with Crippen LogP contribution in [0.25, 0.3) is 10.8 Å². The van der Waals surface area contributed by atoms with E-state index in [4.69, 9.17) is 4.74 Å². The van der Waals surface area contributed by atoms with Crippen LogP contribution in [0.15, 0.2) is 36.4 Å². The van der Waals surface area contributed by atoms with Gasteiger partial charge in [-0.15, -0.1) is 0 Å². The maximum absolute atomic E-state index is 13.3. The lowest BCUT2D eigenvalue weighted by Crippen LogP contribution is -2.40. The molecule has 4 unspecified atom stereocenters. The van der Waals surface area contributed by atoms with Gasteiger partial charge in [0.1, 0.15) is 0 Å². The predicted molar refractivity (Wildman–Crippen MR) is 95.3 cm³/mol. The van der Waals surface area contributed by atoms with Crippen molar-refractivity contribution in [2.75, 3.05) is 4.90 Å². The summed E-state index contributed by atoms with van der Waals surface area (Å²) in [7, 11) is 0. The number of benzene rings is 2. The molecule has 3 heterocycles. The van der Waals surface area contributed by atoms with Gasteiger partial charge in [-0.05, 0) is 38.8 Å². The normalized spacial score (nSPS) is 35.2. The van der Waals surface area contributed by atoms with Gasteiger partial charge < -0.3 is 4.74 Å². The fourth-order valence-electron chi connectivity index (χ4n) is 5.28. The van der Waals surface area contributed by atoms with Gasteiger partial charge >= 0.3 is 0 Å². The maximum atomic E-state index is 13.3. The van der Waals surface area contributed by atoms with E-state index in [0.29, 0.717) is 11.3 Å². The first kappa shape index (κ1) is 15.5. The highest BCUT2D eigenvalue weighted by Gasteiger charge is 2.72. The molecule has 3 fully saturated rings. The van der Waals surface area contributed by atoms with Crippen molar-refractivity contribution in [3.05, 3.63) is 42.0 Å². The van der Waals surface area contributed by atoms with Crippen molar-refractivity contribution in [3.63, 3.8) is 0 Å². The first-order valence-electron chi connectivity index (χ1n) is 8.89. The minimum Gasteiger partial charge on any atom is -0.367 e. The summed E-state index contributed by atoms with van der Waals surface area (Å²) in [6.07, 6.45) is 1.59. The molecule has 130 valence electrons. The van der Waals surface area contributed by atoms with Crippen LogP contribution in [-0.2, 0) is 14.3 Å². The Kier molecular flexibility index (Phi) is 2.82. The Bertz CT molecular complexity index is 1010.